The normalized spacial score (nSPS) is 12.6. The van der Waals surface area contributed by atoms with Crippen LogP contribution in [0.15, 0.2) is 29.4 Å². The van der Waals surface area contributed by atoms with E-state index in [0.29, 0.717) is 5.36 Å². The Morgan fingerprint density at radius 2 is 1.37 bits per heavy atom. The van der Waals surface area contributed by atoms with Crippen LogP contribution < -0.4 is 16.1 Å². The van der Waals surface area contributed by atoms with Crippen LogP contribution in [-0.4, -0.2) is 5.21 Å². The quantitative estimate of drug-likeness (QED) is 0.412. The summed E-state index contributed by atoms with van der Waals surface area (Å²) in [5.74, 6) is 0. The zero-order chi connectivity index (χ0) is 13.7. The summed E-state index contributed by atoms with van der Waals surface area (Å²) in [4.78, 5) is 0. The number of benzene rings is 2. The van der Waals surface area contributed by atoms with Crippen molar-refractivity contribution < 1.29 is 5.21 Å². The molecule has 0 radical (unpaired) electrons. The lowest BCUT2D eigenvalue weighted by Gasteiger charge is -2.01. The van der Waals surface area contributed by atoms with E-state index in [1.807, 2.05) is 26.0 Å². The zero-order valence-corrected chi connectivity index (χ0v) is 10.7. The summed E-state index contributed by atoms with van der Waals surface area (Å²) in [5.41, 5.74) is 3.88. The van der Waals surface area contributed by atoms with Gasteiger partial charge in [-0.3, -0.25) is 10.8 Å². The van der Waals surface area contributed by atoms with E-state index < -0.39 is 0 Å². The number of hydrogen-bond donors (Lipinski definition) is 3. The molecule has 3 N–H and O–H groups in total. The molecule has 0 spiro atoms. The molecule has 2 aliphatic carbocycles. The number of aryl methyl sites for hydroxylation is 2. The monoisotopic (exact) mass is 251 g/mol. The standard InChI is InChI=1S/C15H13N3O/c1-7-3-9-10-5-13(16)14(17)6-12(10)15(18-19)11(9)4-8(7)2/h3-6,16-17,19H,1-2H3/b16-13?,17-14?,18-15-. The fourth-order valence-electron chi connectivity index (χ4n) is 2.51. The number of hydrogen-bond acceptors (Lipinski definition) is 4. The van der Waals surface area contributed by atoms with Crippen molar-refractivity contribution in [2.45, 2.75) is 13.8 Å². The Labute approximate surface area is 109 Å². The first-order valence-corrected chi connectivity index (χ1v) is 5.98. The molecule has 4 heteroatoms. The van der Waals surface area contributed by atoms with Crippen molar-refractivity contribution in [3.8, 4) is 11.1 Å². The predicted octanol–water partition coefficient (Wildman–Crippen LogP) is 1.69. The van der Waals surface area contributed by atoms with E-state index in [1.165, 1.54) is 0 Å². The lowest BCUT2D eigenvalue weighted by Crippen LogP contribution is -2.23. The van der Waals surface area contributed by atoms with Gasteiger partial charge in [-0.15, -0.1) is 0 Å². The van der Waals surface area contributed by atoms with Gasteiger partial charge >= 0.3 is 0 Å². The van der Waals surface area contributed by atoms with Crippen LogP contribution in [0, 0.1) is 24.7 Å². The molecular formula is C15H13N3O. The molecule has 0 amide bonds. The largest absolute Gasteiger partial charge is 0.410 e. The third-order valence-electron chi connectivity index (χ3n) is 3.69. The average molecular weight is 251 g/mol. The molecule has 0 aliphatic heterocycles. The van der Waals surface area contributed by atoms with Crippen LogP contribution in [0.1, 0.15) is 11.1 Å². The number of fused-ring (bicyclic) bond motifs is 3. The molecule has 0 atom stereocenters. The van der Waals surface area contributed by atoms with Crippen molar-refractivity contribution in [3.05, 3.63) is 51.5 Å². The van der Waals surface area contributed by atoms with Crippen molar-refractivity contribution >= 4 is 10.8 Å². The van der Waals surface area contributed by atoms with Gasteiger partial charge in [-0.05, 0) is 54.1 Å². The fourth-order valence-corrected chi connectivity index (χ4v) is 2.51. The Bertz CT molecular complexity index is 931. The highest BCUT2D eigenvalue weighted by atomic mass is 16.4. The molecule has 0 heterocycles. The summed E-state index contributed by atoms with van der Waals surface area (Å²) in [6.07, 6.45) is 0. The van der Waals surface area contributed by atoms with Crippen LogP contribution in [0.5, 0.6) is 0 Å². The van der Waals surface area contributed by atoms with Crippen molar-refractivity contribution in [1.29, 1.82) is 10.8 Å². The highest BCUT2D eigenvalue weighted by Gasteiger charge is 2.16. The minimum atomic E-state index is 0.140. The zero-order valence-electron chi connectivity index (χ0n) is 10.7. The van der Waals surface area contributed by atoms with Gasteiger partial charge < -0.3 is 5.21 Å². The maximum absolute atomic E-state index is 9.26. The maximum atomic E-state index is 9.26. The van der Waals surface area contributed by atoms with Gasteiger partial charge in [0.25, 0.3) is 0 Å². The predicted molar refractivity (Wildman–Crippen MR) is 71.5 cm³/mol. The van der Waals surface area contributed by atoms with Crippen molar-refractivity contribution in [2.75, 3.05) is 0 Å². The van der Waals surface area contributed by atoms with Crippen LogP contribution >= 0.6 is 0 Å². The van der Waals surface area contributed by atoms with Gasteiger partial charge in [-0.1, -0.05) is 11.2 Å². The first-order valence-electron chi connectivity index (χ1n) is 5.98. The molecule has 0 fully saturated rings. The lowest BCUT2D eigenvalue weighted by atomic mass is 10.0. The fraction of sp³-hybridized carbons (Fsp3) is 0.133. The number of nitrogens with one attached hydrogen (secondary N) is 2. The summed E-state index contributed by atoms with van der Waals surface area (Å²) in [6.45, 7) is 4.04. The van der Waals surface area contributed by atoms with E-state index in [1.54, 1.807) is 12.1 Å². The molecule has 2 aliphatic rings. The SMILES string of the molecule is Cc1cc2c3cc(=N)c(=N)cc-3/c(=N\O)c2cc1C. The van der Waals surface area contributed by atoms with Crippen molar-refractivity contribution in [1.82, 2.24) is 0 Å². The van der Waals surface area contributed by atoms with Gasteiger partial charge in [0.1, 0.15) is 5.36 Å². The van der Waals surface area contributed by atoms with Crippen molar-refractivity contribution in [2.24, 2.45) is 5.16 Å². The Morgan fingerprint density at radius 3 is 1.95 bits per heavy atom. The number of rotatable bonds is 0. The molecule has 0 aromatic heterocycles. The second-order valence-electron chi connectivity index (χ2n) is 4.87. The molecule has 4 nitrogen and oxygen atoms in total. The van der Waals surface area contributed by atoms with Gasteiger partial charge in [0.15, 0.2) is 0 Å². The molecule has 1 aromatic rings. The molecule has 0 saturated carbocycles. The minimum absolute atomic E-state index is 0.140. The smallest absolute Gasteiger partial charge is 0.118 e. The Morgan fingerprint density at radius 1 is 0.842 bits per heavy atom. The Kier molecular flexibility index (Phi) is 2.29. The summed E-state index contributed by atoms with van der Waals surface area (Å²) in [7, 11) is 0. The average Bonchev–Trinajstić information content (AvgIpc) is 2.64. The van der Waals surface area contributed by atoms with Crippen LogP contribution in [-0.2, 0) is 0 Å². The minimum Gasteiger partial charge on any atom is -0.410 e. The summed E-state index contributed by atoms with van der Waals surface area (Å²) in [5, 5.41) is 30.8. The van der Waals surface area contributed by atoms with Gasteiger partial charge in [0, 0.05) is 10.9 Å². The third-order valence-corrected chi connectivity index (χ3v) is 3.69. The van der Waals surface area contributed by atoms with E-state index in [0.717, 1.165) is 33.0 Å². The first-order chi connectivity index (χ1) is 9.02. The lowest BCUT2D eigenvalue weighted by molar-refractivity contribution is 0.303. The molecule has 94 valence electrons. The van der Waals surface area contributed by atoms with Gasteiger partial charge in [-0.25, -0.2) is 0 Å². The second kappa shape index (κ2) is 3.75. The molecule has 3 rings (SSSR count). The van der Waals surface area contributed by atoms with Gasteiger partial charge in [0.05, 0.1) is 10.7 Å². The molecule has 0 bridgehead atoms. The summed E-state index contributed by atoms with van der Waals surface area (Å²) < 4.78 is 0. The van der Waals surface area contributed by atoms with Crippen LogP contribution in [0.4, 0.5) is 0 Å². The second-order valence-corrected chi connectivity index (χ2v) is 4.87. The maximum Gasteiger partial charge on any atom is 0.118 e. The van der Waals surface area contributed by atoms with Crippen molar-refractivity contribution in [3.63, 3.8) is 0 Å². The summed E-state index contributed by atoms with van der Waals surface area (Å²) >= 11 is 0. The highest BCUT2D eigenvalue weighted by Crippen LogP contribution is 2.29. The molecule has 19 heavy (non-hydrogen) atoms. The van der Waals surface area contributed by atoms with Crippen LogP contribution in [0.25, 0.3) is 21.9 Å². The topological polar surface area (TPSA) is 80.3 Å². The third kappa shape index (κ3) is 1.50. The van der Waals surface area contributed by atoms with Gasteiger partial charge in [0.2, 0.25) is 0 Å². The molecule has 1 aromatic carbocycles. The summed E-state index contributed by atoms with van der Waals surface area (Å²) in [6, 6.07) is 7.30. The number of nitrogens with zero attached hydrogens (tertiary/aromatic N) is 1. The van der Waals surface area contributed by atoms with E-state index in [9.17, 15) is 5.21 Å². The van der Waals surface area contributed by atoms with E-state index in [4.69, 9.17) is 10.8 Å². The van der Waals surface area contributed by atoms with Crippen LogP contribution in [0.2, 0.25) is 0 Å². The first kappa shape index (κ1) is 11.6. The Balaban J connectivity index is 2.70. The van der Waals surface area contributed by atoms with E-state index >= 15 is 0 Å². The Hall–Kier alpha value is -2.49. The molecule has 0 unspecified atom stereocenters. The van der Waals surface area contributed by atoms with E-state index in [-0.39, 0.29) is 10.7 Å². The van der Waals surface area contributed by atoms with Gasteiger partial charge in [-0.2, -0.15) is 0 Å². The molecule has 0 saturated heterocycles. The van der Waals surface area contributed by atoms with E-state index in [2.05, 4.69) is 5.16 Å². The van der Waals surface area contributed by atoms with Crippen LogP contribution in [0.3, 0.4) is 0 Å². The molecular weight excluding hydrogens is 238 g/mol. The highest BCUT2D eigenvalue weighted by molar-refractivity contribution is 6.02.